The molecule has 62 heavy (non-hydrogen) atoms. The van der Waals surface area contributed by atoms with Gasteiger partial charge in [-0.2, -0.15) is 0 Å². The van der Waals surface area contributed by atoms with E-state index in [0.29, 0.717) is 12.0 Å². The lowest BCUT2D eigenvalue weighted by Crippen LogP contribution is -2.61. The van der Waals surface area contributed by atoms with Crippen molar-refractivity contribution in [2.45, 2.75) is 96.8 Å². The van der Waals surface area contributed by atoms with E-state index in [1.807, 2.05) is 13.8 Å². The lowest BCUT2D eigenvalue weighted by molar-refractivity contribution is -0.160. The number of carbonyl (C=O) groups excluding carboxylic acids is 8. The Morgan fingerprint density at radius 1 is 0.919 bits per heavy atom. The van der Waals surface area contributed by atoms with Gasteiger partial charge in [-0.3, -0.25) is 33.6 Å². The van der Waals surface area contributed by atoms with Gasteiger partial charge in [0.05, 0.1) is 19.2 Å². The molecule has 9 unspecified atom stereocenters. The third kappa shape index (κ3) is 11.2. The largest absolute Gasteiger partial charge is 0.505 e. The standard InChI is InChI=1S/C43H60N8O11/c1-10-24(4)33-42(60)51-21-28(52)19-29(51)41(59)48(7)22-32(55)50(9)36(25(5)23(2)3)40(58)45-20-31(54)49(8)37(27-15-12-11-13-16-27)43(61)62-26(6)34(38(56)46-33)47-39(57)35-30(53)17-14-18-44-35/h11-18,23-26,28-29,33-34,36-37,52-53H,10,19-22H2,1-9H3,(H,45,58)(H,46,56)(H,47,57). The van der Waals surface area contributed by atoms with E-state index in [4.69, 9.17) is 4.74 Å². The van der Waals surface area contributed by atoms with Crippen molar-refractivity contribution in [2.75, 3.05) is 40.8 Å². The highest BCUT2D eigenvalue weighted by Gasteiger charge is 2.45. The fourth-order valence-corrected chi connectivity index (χ4v) is 7.51. The van der Waals surface area contributed by atoms with Crippen LogP contribution in [0.2, 0.25) is 0 Å². The molecule has 0 spiro atoms. The van der Waals surface area contributed by atoms with Crippen molar-refractivity contribution < 1.29 is 53.3 Å². The maximum Gasteiger partial charge on any atom is 0.333 e. The minimum absolute atomic E-state index is 0.113. The summed E-state index contributed by atoms with van der Waals surface area (Å²) in [5.41, 5.74) is -0.142. The van der Waals surface area contributed by atoms with Crippen molar-refractivity contribution in [3.8, 4) is 5.75 Å². The van der Waals surface area contributed by atoms with E-state index >= 15 is 0 Å². The zero-order valence-electron chi connectivity index (χ0n) is 36.7. The monoisotopic (exact) mass is 864 g/mol. The number of cyclic esters (lactones) is 1. The summed E-state index contributed by atoms with van der Waals surface area (Å²) in [6.45, 7) is 8.92. The van der Waals surface area contributed by atoms with Gasteiger partial charge in [0.15, 0.2) is 11.7 Å². The number of amides is 7. The van der Waals surface area contributed by atoms with E-state index in [9.17, 15) is 48.6 Å². The van der Waals surface area contributed by atoms with Crippen LogP contribution in [-0.4, -0.2) is 159 Å². The van der Waals surface area contributed by atoms with Crippen LogP contribution < -0.4 is 16.0 Å². The summed E-state index contributed by atoms with van der Waals surface area (Å²) < 4.78 is 5.88. The molecule has 4 rings (SSSR count). The first kappa shape index (κ1) is 48.6. The second kappa shape index (κ2) is 21.1. The Morgan fingerprint density at radius 3 is 2.19 bits per heavy atom. The smallest absolute Gasteiger partial charge is 0.333 e. The van der Waals surface area contributed by atoms with Crippen LogP contribution in [0.3, 0.4) is 0 Å². The lowest BCUT2D eigenvalue weighted by atomic mass is 9.88. The van der Waals surface area contributed by atoms with Gasteiger partial charge in [-0.15, -0.1) is 0 Å². The summed E-state index contributed by atoms with van der Waals surface area (Å²) in [4.78, 5) is 121. The molecular weight excluding hydrogens is 805 g/mol. The Balaban J connectivity index is 1.84. The molecule has 19 nitrogen and oxygen atoms in total. The molecule has 2 saturated heterocycles. The molecule has 3 heterocycles. The van der Waals surface area contributed by atoms with Crippen molar-refractivity contribution in [2.24, 2.45) is 17.8 Å². The number of hydrogen-bond donors (Lipinski definition) is 5. The topological polar surface area (TPSA) is 248 Å². The maximum absolute atomic E-state index is 14.5. The number of hydrogen-bond acceptors (Lipinski definition) is 12. The van der Waals surface area contributed by atoms with E-state index in [1.165, 1.54) is 51.3 Å². The number of nitrogens with zero attached hydrogens (tertiary/aromatic N) is 5. The van der Waals surface area contributed by atoms with Crippen molar-refractivity contribution >= 4 is 47.3 Å². The quantitative estimate of drug-likeness (QED) is 0.235. The van der Waals surface area contributed by atoms with Crippen LogP contribution in [0.4, 0.5) is 0 Å². The highest BCUT2D eigenvalue weighted by atomic mass is 16.5. The summed E-state index contributed by atoms with van der Waals surface area (Å²) in [6.07, 6.45) is -1.21. The summed E-state index contributed by atoms with van der Waals surface area (Å²) in [7, 11) is 4.11. The van der Waals surface area contributed by atoms with Gasteiger partial charge in [0.1, 0.15) is 36.0 Å². The molecule has 2 aromatic rings. The number of nitrogens with one attached hydrogen (secondary N) is 3. The number of carbonyl (C=O) groups is 8. The average Bonchev–Trinajstić information content (AvgIpc) is 3.63. The molecule has 0 saturated carbocycles. The molecule has 9 atom stereocenters. The van der Waals surface area contributed by atoms with E-state index in [2.05, 4.69) is 20.9 Å². The van der Waals surface area contributed by atoms with E-state index in [-0.39, 0.29) is 18.9 Å². The highest BCUT2D eigenvalue weighted by molar-refractivity contribution is 6.00. The van der Waals surface area contributed by atoms with Gasteiger partial charge in [-0.1, -0.05) is 71.4 Å². The van der Waals surface area contributed by atoms with E-state index in [1.54, 1.807) is 51.1 Å². The van der Waals surface area contributed by atoms with Gasteiger partial charge in [0, 0.05) is 40.3 Å². The molecule has 2 aliphatic rings. The Kier molecular flexibility index (Phi) is 16.5. The van der Waals surface area contributed by atoms with Gasteiger partial charge in [0.2, 0.25) is 35.4 Å². The predicted octanol–water partition coefficient (Wildman–Crippen LogP) is 0.217. The van der Waals surface area contributed by atoms with Crippen LogP contribution in [0.5, 0.6) is 5.75 Å². The van der Waals surface area contributed by atoms with Crippen LogP contribution in [0.1, 0.15) is 76.5 Å². The molecule has 1 aromatic heterocycles. The lowest BCUT2D eigenvalue weighted by Gasteiger charge is -2.36. The molecular formula is C43H60N8O11. The number of aliphatic hydroxyl groups excluding tert-OH is 1. The first-order valence-corrected chi connectivity index (χ1v) is 20.7. The van der Waals surface area contributed by atoms with Gasteiger partial charge >= 0.3 is 5.97 Å². The minimum atomic E-state index is -1.74. The van der Waals surface area contributed by atoms with Crippen LogP contribution in [0.25, 0.3) is 0 Å². The number of esters is 1. The fourth-order valence-electron chi connectivity index (χ4n) is 7.51. The Bertz CT molecular complexity index is 1980. The number of aromatic nitrogens is 1. The molecule has 2 aliphatic heterocycles. The van der Waals surface area contributed by atoms with Crippen molar-refractivity contribution in [1.82, 2.24) is 40.5 Å². The maximum atomic E-state index is 14.5. The minimum Gasteiger partial charge on any atom is -0.505 e. The molecule has 0 radical (unpaired) electrons. The van der Waals surface area contributed by atoms with Gasteiger partial charge < -0.3 is 50.5 Å². The van der Waals surface area contributed by atoms with Crippen LogP contribution in [0.15, 0.2) is 48.7 Å². The molecule has 19 heteroatoms. The van der Waals surface area contributed by atoms with Gasteiger partial charge in [-0.05, 0) is 42.4 Å². The number of fused-ring (bicyclic) bond motifs is 1. The summed E-state index contributed by atoms with van der Waals surface area (Å²) >= 11 is 0. The number of likely N-dealkylation sites (N-methyl/N-ethyl adjacent to an activating group) is 3. The molecule has 0 aliphatic carbocycles. The molecule has 5 N–H and O–H groups in total. The molecule has 338 valence electrons. The Morgan fingerprint density at radius 2 is 1.58 bits per heavy atom. The number of aromatic hydroxyl groups is 1. The van der Waals surface area contributed by atoms with Gasteiger partial charge in [-0.25, -0.2) is 9.78 Å². The number of rotatable bonds is 7. The van der Waals surface area contributed by atoms with Gasteiger partial charge in [0.25, 0.3) is 5.91 Å². The highest BCUT2D eigenvalue weighted by Crippen LogP contribution is 2.26. The van der Waals surface area contributed by atoms with Crippen LogP contribution in [-0.2, 0) is 38.3 Å². The van der Waals surface area contributed by atoms with Crippen LogP contribution >= 0.6 is 0 Å². The first-order valence-electron chi connectivity index (χ1n) is 20.7. The SMILES string of the molecule is CCC(C)C1NC(=O)C(NC(=O)c2ncccc2O)C(C)OC(=O)C(c2ccccc2)N(C)C(=O)CNC(=O)C(C(C)C(C)C)N(C)C(=O)CN(C)C(=O)C2CC(O)CN2C1=O. The third-order valence-corrected chi connectivity index (χ3v) is 11.9. The number of ether oxygens (including phenoxy) is 1. The summed E-state index contributed by atoms with van der Waals surface area (Å²) in [6, 6.07) is 3.86. The molecule has 7 amide bonds. The number of benzene rings is 1. The normalized spacial score (nSPS) is 26.5. The summed E-state index contributed by atoms with van der Waals surface area (Å²) in [5.74, 6) is -8.08. The van der Waals surface area contributed by atoms with E-state index in [0.717, 1.165) is 14.7 Å². The predicted molar refractivity (Wildman–Crippen MR) is 223 cm³/mol. The third-order valence-electron chi connectivity index (χ3n) is 11.9. The zero-order valence-corrected chi connectivity index (χ0v) is 36.7. The molecule has 1 aromatic carbocycles. The fraction of sp³-hybridized carbons (Fsp3) is 0.558. The van der Waals surface area contributed by atoms with Crippen molar-refractivity contribution in [3.05, 3.63) is 59.9 Å². The van der Waals surface area contributed by atoms with Crippen LogP contribution in [0, 0.1) is 17.8 Å². The molecule has 2 fully saturated rings. The van der Waals surface area contributed by atoms with E-state index < -0.39 is 126 Å². The first-order chi connectivity index (χ1) is 29.2. The number of pyridine rings is 1. The molecule has 0 bridgehead atoms. The Hall–Kier alpha value is -6.11. The second-order valence-corrected chi connectivity index (χ2v) is 16.5. The zero-order chi connectivity index (χ0) is 46.2. The average molecular weight is 865 g/mol. The van der Waals surface area contributed by atoms with Crippen molar-refractivity contribution in [1.29, 1.82) is 0 Å². The Labute approximate surface area is 361 Å². The second-order valence-electron chi connectivity index (χ2n) is 16.5. The number of aliphatic hydroxyl groups is 1. The summed E-state index contributed by atoms with van der Waals surface area (Å²) in [5, 5.41) is 29.0. The van der Waals surface area contributed by atoms with Crippen molar-refractivity contribution in [3.63, 3.8) is 0 Å².